The lowest BCUT2D eigenvalue weighted by Crippen LogP contribution is -2.61. The van der Waals surface area contributed by atoms with E-state index in [1.54, 1.807) is 24.3 Å². The third-order valence-corrected chi connectivity index (χ3v) is 3.35. The zero-order chi connectivity index (χ0) is 17.0. The molecule has 9 heteroatoms. The summed E-state index contributed by atoms with van der Waals surface area (Å²) in [6.07, 6.45) is -6.48. The van der Waals surface area contributed by atoms with E-state index < -0.39 is 49.9 Å². The first kappa shape index (κ1) is 17.4. The monoisotopic (exact) mass is 329 g/mol. The molecular weight excluding hydrogens is 310 g/mol. The summed E-state index contributed by atoms with van der Waals surface area (Å²) in [5.41, 5.74) is 6.08. The highest BCUT2D eigenvalue weighted by molar-refractivity contribution is 5.68. The van der Waals surface area contributed by atoms with E-state index >= 15 is 0 Å². The highest BCUT2D eigenvalue weighted by atomic mass is 16.7. The normalized spacial score (nSPS) is 30.8. The molecule has 1 aliphatic rings. The van der Waals surface area contributed by atoms with Gasteiger partial charge in [0.1, 0.15) is 36.8 Å². The van der Waals surface area contributed by atoms with Crippen molar-refractivity contribution in [1.82, 2.24) is 0 Å². The number of carbonyl (C=O) groups is 1. The largest absolute Gasteiger partial charge is 0.480 e. The molecule has 1 heterocycles. The van der Waals surface area contributed by atoms with Crippen LogP contribution in [0.4, 0.5) is 5.69 Å². The van der Waals surface area contributed by atoms with E-state index in [0.717, 1.165) is 0 Å². The van der Waals surface area contributed by atoms with Gasteiger partial charge in [-0.1, -0.05) is 0 Å². The van der Waals surface area contributed by atoms with Crippen LogP contribution in [0.15, 0.2) is 24.3 Å². The Morgan fingerprint density at radius 3 is 2.43 bits per heavy atom. The van der Waals surface area contributed by atoms with E-state index in [-0.39, 0.29) is 0 Å². The molecule has 5 atom stereocenters. The van der Waals surface area contributed by atoms with Gasteiger partial charge >= 0.3 is 5.97 Å². The highest BCUT2D eigenvalue weighted by Crippen LogP contribution is 2.26. The molecule has 0 unspecified atom stereocenters. The van der Waals surface area contributed by atoms with Crippen LogP contribution in [0.2, 0.25) is 0 Å². The number of ether oxygens (including phenoxy) is 3. The second-order valence-corrected chi connectivity index (χ2v) is 5.06. The topological polar surface area (TPSA) is 152 Å². The number of carboxylic acid groups (broad SMARTS) is 1. The first-order chi connectivity index (χ1) is 10.9. The molecule has 0 amide bonds. The maximum absolute atomic E-state index is 10.6. The van der Waals surface area contributed by atoms with Crippen LogP contribution in [0.5, 0.6) is 5.75 Å². The number of rotatable bonds is 6. The van der Waals surface area contributed by atoms with Crippen molar-refractivity contribution in [2.75, 3.05) is 18.9 Å². The number of aliphatic carboxylic acids is 1. The summed E-state index contributed by atoms with van der Waals surface area (Å²) >= 11 is 0. The summed E-state index contributed by atoms with van der Waals surface area (Å²) in [5.74, 6) is -0.916. The summed E-state index contributed by atoms with van der Waals surface area (Å²) in [6, 6.07) is 6.28. The number of benzene rings is 1. The van der Waals surface area contributed by atoms with Crippen molar-refractivity contribution in [3.63, 3.8) is 0 Å². The Hall–Kier alpha value is -1.91. The van der Waals surface area contributed by atoms with E-state index in [1.165, 1.54) is 0 Å². The van der Waals surface area contributed by atoms with Crippen molar-refractivity contribution in [2.24, 2.45) is 0 Å². The van der Waals surface area contributed by atoms with E-state index in [4.69, 9.17) is 25.1 Å². The van der Waals surface area contributed by atoms with Crippen LogP contribution in [-0.4, -0.2) is 70.3 Å². The number of aliphatic hydroxyl groups is 3. The average molecular weight is 329 g/mol. The molecule has 0 aliphatic carbocycles. The number of aliphatic hydroxyl groups excluding tert-OH is 3. The molecule has 0 spiro atoms. The van der Waals surface area contributed by atoms with Crippen LogP contribution in [0.1, 0.15) is 0 Å². The quantitative estimate of drug-likeness (QED) is 0.395. The lowest BCUT2D eigenvalue weighted by atomic mass is 9.99. The number of carboxylic acids is 1. The highest BCUT2D eigenvalue weighted by Gasteiger charge is 2.46. The zero-order valence-electron chi connectivity index (χ0n) is 12.1. The first-order valence-corrected chi connectivity index (χ1v) is 6.90. The predicted molar refractivity (Wildman–Crippen MR) is 76.6 cm³/mol. The van der Waals surface area contributed by atoms with Gasteiger partial charge in [-0.05, 0) is 24.3 Å². The predicted octanol–water partition coefficient (Wildman–Crippen LogP) is -1.44. The fourth-order valence-corrected chi connectivity index (χ4v) is 2.20. The van der Waals surface area contributed by atoms with Crippen LogP contribution >= 0.6 is 0 Å². The summed E-state index contributed by atoms with van der Waals surface area (Å²) in [5, 5.41) is 38.1. The molecule has 0 aromatic heterocycles. The minimum absolute atomic E-state index is 0.341. The van der Waals surface area contributed by atoms with E-state index in [0.29, 0.717) is 11.4 Å². The van der Waals surface area contributed by atoms with Crippen molar-refractivity contribution < 1.29 is 39.4 Å². The number of anilines is 1. The SMILES string of the molecule is Nc1ccc(O[C@@H]2O[C@H](CO)[C@H](O)[C@H](OCC(=O)O)[C@H]2O)cc1. The Labute approximate surface area is 131 Å². The van der Waals surface area contributed by atoms with Crippen molar-refractivity contribution in [2.45, 2.75) is 30.7 Å². The van der Waals surface area contributed by atoms with Gasteiger partial charge in [-0.15, -0.1) is 0 Å². The van der Waals surface area contributed by atoms with Crippen molar-refractivity contribution in [1.29, 1.82) is 0 Å². The van der Waals surface area contributed by atoms with Gasteiger partial charge in [-0.25, -0.2) is 4.79 Å². The lowest BCUT2D eigenvalue weighted by molar-refractivity contribution is -0.285. The van der Waals surface area contributed by atoms with E-state index in [2.05, 4.69) is 0 Å². The maximum Gasteiger partial charge on any atom is 0.329 e. The van der Waals surface area contributed by atoms with Gasteiger partial charge in [0.05, 0.1) is 6.61 Å². The molecular formula is C14H19NO8. The maximum atomic E-state index is 10.6. The van der Waals surface area contributed by atoms with Crippen molar-refractivity contribution >= 4 is 11.7 Å². The smallest absolute Gasteiger partial charge is 0.329 e. The Balaban J connectivity index is 2.11. The van der Waals surface area contributed by atoms with Gasteiger partial charge in [0, 0.05) is 5.69 Å². The molecule has 1 fully saturated rings. The summed E-state index contributed by atoms with van der Waals surface area (Å²) in [6.45, 7) is -1.27. The molecule has 6 N–H and O–H groups in total. The van der Waals surface area contributed by atoms with Crippen LogP contribution in [0.3, 0.4) is 0 Å². The van der Waals surface area contributed by atoms with Gasteiger partial charge in [-0.3, -0.25) is 0 Å². The van der Waals surface area contributed by atoms with Crippen LogP contribution in [0, 0.1) is 0 Å². The van der Waals surface area contributed by atoms with E-state index in [9.17, 15) is 20.1 Å². The number of nitrogen functional groups attached to an aromatic ring is 1. The minimum Gasteiger partial charge on any atom is -0.480 e. The number of nitrogens with two attached hydrogens (primary N) is 1. The second kappa shape index (κ2) is 7.57. The molecule has 1 aliphatic heterocycles. The Morgan fingerprint density at radius 1 is 1.22 bits per heavy atom. The van der Waals surface area contributed by atoms with Crippen molar-refractivity contribution in [3.8, 4) is 5.75 Å². The summed E-state index contributed by atoms with van der Waals surface area (Å²) in [4.78, 5) is 10.6. The van der Waals surface area contributed by atoms with E-state index in [1.807, 2.05) is 0 Å². The minimum atomic E-state index is -1.45. The van der Waals surface area contributed by atoms with Gasteiger partial charge in [-0.2, -0.15) is 0 Å². The molecule has 2 rings (SSSR count). The standard InChI is InChI=1S/C14H19NO8/c15-7-1-3-8(4-2-7)22-14-12(20)13(21-6-10(17)18)11(19)9(5-16)23-14/h1-4,9,11-14,16,19-20H,5-6,15H2,(H,17,18)/t9-,11+,12-,13+,14-/m1/s1. The van der Waals surface area contributed by atoms with Crippen LogP contribution in [-0.2, 0) is 14.3 Å². The third-order valence-electron chi connectivity index (χ3n) is 3.35. The molecule has 0 saturated carbocycles. The molecule has 1 aromatic rings. The third kappa shape index (κ3) is 4.30. The second-order valence-electron chi connectivity index (χ2n) is 5.06. The summed E-state index contributed by atoms with van der Waals surface area (Å²) in [7, 11) is 0. The first-order valence-electron chi connectivity index (χ1n) is 6.90. The van der Waals surface area contributed by atoms with Gasteiger partial charge < -0.3 is 40.4 Å². The molecule has 1 saturated heterocycles. The van der Waals surface area contributed by atoms with Crippen molar-refractivity contribution in [3.05, 3.63) is 24.3 Å². The molecule has 128 valence electrons. The fourth-order valence-electron chi connectivity index (χ4n) is 2.20. The van der Waals surface area contributed by atoms with Gasteiger partial charge in [0.15, 0.2) is 0 Å². The molecule has 1 aromatic carbocycles. The Morgan fingerprint density at radius 2 is 1.87 bits per heavy atom. The number of hydrogen-bond donors (Lipinski definition) is 5. The average Bonchev–Trinajstić information content (AvgIpc) is 2.51. The van der Waals surface area contributed by atoms with Gasteiger partial charge in [0.25, 0.3) is 0 Å². The summed E-state index contributed by atoms with van der Waals surface area (Å²) < 4.78 is 15.8. The fraction of sp³-hybridized carbons (Fsp3) is 0.500. The zero-order valence-corrected chi connectivity index (χ0v) is 12.1. The Bertz CT molecular complexity index is 522. The van der Waals surface area contributed by atoms with Gasteiger partial charge in [0.2, 0.25) is 6.29 Å². The van der Waals surface area contributed by atoms with Crippen LogP contribution < -0.4 is 10.5 Å². The lowest BCUT2D eigenvalue weighted by Gasteiger charge is -2.41. The molecule has 23 heavy (non-hydrogen) atoms. The molecule has 0 radical (unpaired) electrons. The number of hydrogen-bond acceptors (Lipinski definition) is 8. The molecule has 9 nitrogen and oxygen atoms in total. The van der Waals surface area contributed by atoms with Crippen LogP contribution in [0.25, 0.3) is 0 Å². The molecule has 0 bridgehead atoms. The Kier molecular flexibility index (Phi) is 5.74.